The minimum absolute atomic E-state index is 0.0823. The van der Waals surface area contributed by atoms with Crippen LogP contribution in [0.3, 0.4) is 0 Å². The second kappa shape index (κ2) is 4.89. The smallest absolute Gasteiger partial charge is 0.223 e. The molecule has 0 radical (unpaired) electrons. The highest BCUT2D eigenvalue weighted by molar-refractivity contribution is 7.71. The van der Waals surface area contributed by atoms with Gasteiger partial charge < -0.3 is 14.5 Å². The van der Waals surface area contributed by atoms with Crippen molar-refractivity contribution < 1.29 is 4.79 Å². The Bertz CT molecular complexity index is 641. The van der Waals surface area contributed by atoms with Gasteiger partial charge in [0.15, 0.2) is 10.4 Å². The van der Waals surface area contributed by atoms with Gasteiger partial charge in [0.1, 0.15) is 0 Å². The highest BCUT2D eigenvalue weighted by Gasteiger charge is 2.10. The van der Waals surface area contributed by atoms with E-state index in [1.165, 1.54) is 0 Å². The normalized spacial score (nSPS) is 10.8. The molecule has 5 nitrogen and oxygen atoms in total. The van der Waals surface area contributed by atoms with Crippen molar-refractivity contribution in [1.82, 2.24) is 19.4 Å². The number of carbonyl (C=O) groups is 1. The van der Waals surface area contributed by atoms with Crippen LogP contribution >= 0.6 is 12.2 Å². The lowest BCUT2D eigenvalue weighted by Crippen LogP contribution is -2.22. The van der Waals surface area contributed by atoms with Crippen molar-refractivity contribution in [2.24, 2.45) is 0 Å². The molecule has 0 aliphatic rings. The van der Waals surface area contributed by atoms with Gasteiger partial charge in [-0.3, -0.25) is 4.79 Å². The largest absolute Gasteiger partial charge is 0.349 e. The van der Waals surface area contributed by atoms with Gasteiger partial charge in [0.25, 0.3) is 0 Å². The molecule has 0 saturated carbocycles. The standard InChI is InChI=1S/C12H16N4OS/c1-8-4-6-13-11-10(8)14-12(18)16(11)7-5-9(17)15(2)3/h4,6H,5,7H2,1-3H3,(H,14,18). The van der Waals surface area contributed by atoms with Crippen molar-refractivity contribution in [3.05, 3.63) is 22.6 Å². The van der Waals surface area contributed by atoms with Gasteiger partial charge in [-0.05, 0) is 30.8 Å². The fourth-order valence-corrected chi connectivity index (χ4v) is 2.09. The summed E-state index contributed by atoms with van der Waals surface area (Å²) in [5, 5.41) is 0. The van der Waals surface area contributed by atoms with Crippen LogP contribution < -0.4 is 0 Å². The quantitative estimate of drug-likeness (QED) is 0.861. The van der Waals surface area contributed by atoms with Crippen molar-refractivity contribution in [2.75, 3.05) is 14.1 Å². The number of aromatic nitrogens is 3. The Morgan fingerprint density at radius 1 is 1.56 bits per heavy atom. The Morgan fingerprint density at radius 3 is 2.94 bits per heavy atom. The van der Waals surface area contributed by atoms with Gasteiger partial charge in [-0.25, -0.2) is 4.98 Å². The molecule has 0 aliphatic carbocycles. The molecule has 0 atom stereocenters. The zero-order chi connectivity index (χ0) is 13.3. The van der Waals surface area contributed by atoms with E-state index in [9.17, 15) is 4.79 Å². The molecule has 2 heterocycles. The number of carbonyl (C=O) groups excluding carboxylic acids is 1. The Hall–Kier alpha value is -1.69. The van der Waals surface area contributed by atoms with Crippen LogP contribution in [-0.4, -0.2) is 39.4 Å². The van der Waals surface area contributed by atoms with E-state index < -0.39 is 0 Å². The Kier molecular flexibility index (Phi) is 3.47. The number of aromatic amines is 1. The summed E-state index contributed by atoms with van der Waals surface area (Å²) in [6, 6.07) is 1.93. The topological polar surface area (TPSA) is 53.9 Å². The van der Waals surface area contributed by atoms with Crippen LogP contribution in [0.2, 0.25) is 0 Å². The summed E-state index contributed by atoms with van der Waals surface area (Å²) < 4.78 is 2.48. The number of hydrogen-bond acceptors (Lipinski definition) is 3. The average Bonchev–Trinajstić information content (AvgIpc) is 2.64. The molecule has 2 aromatic heterocycles. The van der Waals surface area contributed by atoms with Gasteiger partial charge in [0.2, 0.25) is 5.91 Å². The maximum Gasteiger partial charge on any atom is 0.223 e. The fraction of sp³-hybridized carbons (Fsp3) is 0.417. The Labute approximate surface area is 110 Å². The zero-order valence-corrected chi connectivity index (χ0v) is 11.5. The number of imidazole rings is 1. The first-order chi connectivity index (χ1) is 8.50. The summed E-state index contributed by atoms with van der Waals surface area (Å²) in [6.07, 6.45) is 2.18. The van der Waals surface area contributed by atoms with Crippen LogP contribution in [0.5, 0.6) is 0 Å². The number of nitrogens with zero attached hydrogens (tertiary/aromatic N) is 3. The second-order valence-electron chi connectivity index (χ2n) is 4.45. The predicted octanol–water partition coefficient (Wildman–Crippen LogP) is 1.88. The van der Waals surface area contributed by atoms with Gasteiger partial charge in [0.05, 0.1) is 5.52 Å². The number of pyridine rings is 1. The molecule has 0 spiro atoms. The van der Waals surface area contributed by atoms with E-state index in [0.717, 1.165) is 16.7 Å². The first-order valence-corrected chi connectivity index (χ1v) is 6.16. The Morgan fingerprint density at radius 2 is 2.28 bits per heavy atom. The molecule has 6 heteroatoms. The number of aryl methyl sites for hydroxylation is 2. The first-order valence-electron chi connectivity index (χ1n) is 5.75. The maximum absolute atomic E-state index is 11.6. The summed E-state index contributed by atoms with van der Waals surface area (Å²) in [7, 11) is 3.50. The van der Waals surface area contributed by atoms with Gasteiger partial charge in [0, 0.05) is 33.3 Å². The summed E-state index contributed by atoms with van der Waals surface area (Å²) >= 11 is 5.27. The van der Waals surface area contributed by atoms with Gasteiger partial charge in [-0.15, -0.1) is 0 Å². The summed E-state index contributed by atoms with van der Waals surface area (Å²) in [4.78, 5) is 20.6. The molecule has 18 heavy (non-hydrogen) atoms. The van der Waals surface area contributed by atoms with Gasteiger partial charge in [-0.1, -0.05) is 0 Å². The van der Waals surface area contributed by atoms with Crippen LogP contribution in [0.25, 0.3) is 11.2 Å². The summed E-state index contributed by atoms with van der Waals surface area (Å²) in [5.74, 6) is 0.0823. The lowest BCUT2D eigenvalue weighted by Gasteiger charge is -2.10. The third-order valence-electron chi connectivity index (χ3n) is 2.92. The highest BCUT2D eigenvalue weighted by Crippen LogP contribution is 2.15. The number of H-pyrrole nitrogens is 1. The van der Waals surface area contributed by atoms with Crippen molar-refractivity contribution in [2.45, 2.75) is 19.9 Å². The SMILES string of the molecule is Cc1ccnc2c1[nH]c(=S)n2CCC(=O)N(C)C. The third kappa shape index (κ3) is 2.28. The third-order valence-corrected chi connectivity index (χ3v) is 3.24. The van der Waals surface area contributed by atoms with E-state index >= 15 is 0 Å². The molecule has 2 aromatic rings. The monoisotopic (exact) mass is 264 g/mol. The molecule has 0 unspecified atom stereocenters. The lowest BCUT2D eigenvalue weighted by molar-refractivity contribution is -0.128. The number of amides is 1. The van der Waals surface area contributed by atoms with Gasteiger partial charge in [-0.2, -0.15) is 0 Å². The molecular weight excluding hydrogens is 248 g/mol. The number of fused-ring (bicyclic) bond motifs is 1. The molecular formula is C12H16N4OS. The van der Waals surface area contributed by atoms with Crippen LogP contribution in [0.4, 0.5) is 0 Å². The summed E-state index contributed by atoms with van der Waals surface area (Å²) in [6.45, 7) is 2.55. The van der Waals surface area contributed by atoms with Crippen LogP contribution in [0.1, 0.15) is 12.0 Å². The molecule has 0 fully saturated rings. The predicted molar refractivity (Wildman–Crippen MR) is 73.0 cm³/mol. The average molecular weight is 264 g/mol. The van der Waals surface area contributed by atoms with Crippen LogP contribution in [-0.2, 0) is 11.3 Å². The van der Waals surface area contributed by atoms with E-state index in [4.69, 9.17) is 12.2 Å². The van der Waals surface area contributed by atoms with Crippen LogP contribution in [0.15, 0.2) is 12.3 Å². The van der Waals surface area contributed by atoms with E-state index in [0.29, 0.717) is 17.7 Å². The molecule has 0 bridgehead atoms. The molecule has 0 saturated heterocycles. The van der Waals surface area contributed by atoms with Gasteiger partial charge >= 0.3 is 0 Å². The molecule has 2 rings (SSSR count). The lowest BCUT2D eigenvalue weighted by atomic mass is 10.3. The second-order valence-corrected chi connectivity index (χ2v) is 4.83. The van der Waals surface area contributed by atoms with Crippen LogP contribution in [0, 0.1) is 11.7 Å². The first kappa shape index (κ1) is 12.8. The molecule has 96 valence electrons. The molecule has 1 N–H and O–H groups in total. The van der Waals surface area contributed by atoms with E-state index in [-0.39, 0.29) is 5.91 Å². The number of nitrogens with one attached hydrogen (secondary N) is 1. The summed E-state index contributed by atoms with van der Waals surface area (Å²) in [5.41, 5.74) is 2.86. The van der Waals surface area contributed by atoms with Crippen molar-refractivity contribution >= 4 is 29.3 Å². The van der Waals surface area contributed by atoms with E-state index in [1.807, 2.05) is 17.6 Å². The Balaban J connectivity index is 2.34. The minimum Gasteiger partial charge on any atom is -0.349 e. The molecule has 0 aromatic carbocycles. The fourth-order valence-electron chi connectivity index (χ4n) is 1.81. The highest BCUT2D eigenvalue weighted by atomic mass is 32.1. The molecule has 0 aliphatic heterocycles. The zero-order valence-electron chi connectivity index (χ0n) is 10.7. The van der Waals surface area contributed by atoms with E-state index in [2.05, 4.69) is 9.97 Å². The number of hydrogen-bond donors (Lipinski definition) is 1. The number of rotatable bonds is 3. The maximum atomic E-state index is 11.6. The van der Waals surface area contributed by atoms with Crippen molar-refractivity contribution in [3.63, 3.8) is 0 Å². The van der Waals surface area contributed by atoms with E-state index in [1.54, 1.807) is 25.2 Å². The van der Waals surface area contributed by atoms with Crippen molar-refractivity contribution in [3.8, 4) is 0 Å². The molecule has 1 amide bonds. The van der Waals surface area contributed by atoms with Crippen molar-refractivity contribution in [1.29, 1.82) is 0 Å². The minimum atomic E-state index is 0.0823.